The van der Waals surface area contributed by atoms with E-state index in [1.165, 1.54) is 7.11 Å². The van der Waals surface area contributed by atoms with Crippen LogP contribution in [0.15, 0.2) is 4.99 Å². The summed E-state index contributed by atoms with van der Waals surface area (Å²) < 4.78 is 41.6. The lowest BCUT2D eigenvalue weighted by Crippen LogP contribution is -2.28. The lowest BCUT2D eigenvalue weighted by molar-refractivity contribution is -0.0605. The fraction of sp³-hybridized carbons (Fsp3) is 0.875. The van der Waals surface area contributed by atoms with Crippen LogP contribution < -0.4 is 0 Å². The highest BCUT2D eigenvalue weighted by Gasteiger charge is 2.47. The standard InChI is InChI=1S/C8H12F3NO/c1-5-4-6(8(9,10)11)12-7(5,2)13-3/h5H,4H2,1-3H3. The summed E-state index contributed by atoms with van der Waals surface area (Å²) >= 11 is 0. The Morgan fingerprint density at radius 2 is 2.08 bits per heavy atom. The second kappa shape index (κ2) is 2.97. The van der Waals surface area contributed by atoms with E-state index in [0.717, 1.165) is 0 Å². The molecule has 0 N–H and O–H groups in total. The molecule has 0 aromatic rings. The molecule has 76 valence electrons. The van der Waals surface area contributed by atoms with Crippen molar-refractivity contribution < 1.29 is 17.9 Å². The van der Waals surface area contributed by atoms with E-state index in [2.05, 4.69) is 4.99 Å². The van der Waals surface area contributed by atoms with Crippen LogP contribution in [-0.2, 0) is 4.74 Å². The number of hydrogen-bond acceptors (Lipinski definition) is 2. The van der Waals surface area contributed by atoms with E-state index < -0.39 is 17.6 Å². The van der Waals surface area contributed by atoms with E-state index in [1.807, 2.05) is 0 Å². The molecule has 2 atom stereocenters. The van der Waals surface area contributed by atoms with Gasteiger partial charge in [-0.25, -0.2) is 0 Å². The molecule has 2 unspecified atom stereocenters. The number of nitrogens with zero attached hydrogens (tertiary/aromatic N) is 1. The van der Waals surface area contributed by atoms with Gasteiger partial charge in [0.05, 0.1) is 0 Å². The molecule has 0 saturated carbocycles. The minimum Gasteiger partial charge on any atom is -0.357 e. The molecular formula is C8H12F3NO. The van der Waals surface area contributed by atoms with Gasteiger partial charge in [-0.2, -0.15) is 13.2 Å². The Labute approximate surface area is 74.8 Å². The first-order valence-electron chi connectivity index (χ1n) is 4.00. The molecule has 0 fully saturated rings. The van der Waals surface area contributed by atoms with Gasteiger partial charge in [0.15, 0.2) is 5.72 Å². The summed E-state index contributed by atoms with van der Waals surface area (Å²) in [7, 11) is 1.37. The predicted octanol–water partition coefficient (Wildman–Crippen LogP) is 2.39. The summed E-state index contributed by atoms with van der Waals surface area (Å²) in [5.41, 5.74) is -1.73. The highest BCUT2D eigenvalue weighted by Crippen LogP contribution is 2.37. The summed E-state index contributed by atoms with van der Waals surface area (Å²) in [6.45, 7) is 3.27. The third kappa shape index (κ3) is 1.85. The van der Waals surface area contributed by atoms with Crippen LogP contribution in [0.3, 0.4) is 0 Å². The van der Waals surface area contributed by atoms with E-state index in [1.54, 1.807) is 13.8 Å². The van der Waals surface area contributed by atoms with E-state index in [-0.39, 0.29) is 12.3 Å². The van der Waals surface area contributed by atoms with Crippen LogP contribution >= 0.6 is 0 Å². The largest absolute Gasteiger partial charge is 0.429 e. The molecule has 1 aliphatic heterocycles. The Kier molecular flexibility index (Phi) is 2.40. The van der Waals surface area contributed by atoms with Crippen LogP contribution in [0.5, 0.6) is 0 Å². The van der Waals surface area contributed by atoms with Crippen LogP contribution in [-0.4, -0.2) is 24.7 Å². The van der Waals surface area contributed by atoms with Crippen molar-refractivity contribution in [2.24, 2.45) is 10.9 Å². The van der Waals surface area contributed by atoms with Gasteiger partial charge in [0.2, 0.25) is 0 Å². The van der Waals surface area contributed by atoms with Crippen LogP contribution in [0.25, 0.3) is 0 Å². The van der Waals surface area contributed by atoms with Crippen molar-refractivity contribution in [3.63, 3.8) is 0 Å². The molecule has 1 rings (SSSR count). The summed E-state index contributed by atoms with van der Waals surface area (Å²) in [6, 6.07) is 0. The molecule has 2 nitrogen and oxygen atoms in total. The number of rotatable bonds is 1. The highest BCUT2D eigenvalue weighted by molar-refractivity contribution is 5.91. The van der Waals surface area contributed by atoms with Gasteiger partial charge < -0.3 is 4.74 Å². The third-order valence-electron chi connectivity index (χ3n) is 2.51. The van der Waals surface area contributed by atoms with Crippen molar-refractivity contribution >= 4 is 5.71 Å². The number of aliphatic imine (C=N–C) groups is 1. The molecule has 13 heavy (non-hydrogen) atoms. The molecule has 5 heteroatoms. The smallest absolute Gasteiger partial charge is 0.357 e. The van der Waals surface area contributed by atoms with Gasteiger partial charge >= 0.3 is 6.18 Å². The normalized spacial score (nSPS) is 34.9. The highest BCUT2D eigenvalue weighted by atomic mass is 19.4. The lowest BCUT2D eigenvalue weighted by atomic mass is 9.98. The van der Waals surface area contributed by atoms with Gasteiger partial charge in [-0.3, -0.25) is 4.99 Å². The molecule has 0 radical (unpaired) electrons. The molecular weight excluding hydrogens is 183 g/mol. The first-order chi connectivity index (χ1) is 5.79. The maximum absolute atomic E-state index is 12.2. The first-order valence-corrected chi connectivity index (χ1v) is 4.00. The second-order valence-electron chi connectivity index (χ2n) is 3.42. The SMILES string of the molecule is COC1(C)N=C(C(F)(F)F)CC1C. The molecule has 0 bridgehead atoms. The Morgan fingerprint density at radius 1 is 1.54 bits per heavy atom. The summed E-state index contributed by atoms with van der Waals surface area (Å²) in [5, 5.41) is 0. The van der Waals surface area contributed by atoms with Gasteiger partial charge in [-0.15, -0.1) is 0 Å². The van der Waals surface area contributed by atoms with Crippen LogP contribution in [0, 0.1) is 5.92 Å². The zero-order valence-corrected chi connectivity index (χ0v) is 7.77. The summed E-state index contributed by atoms with van der Waals surface area (Å²) in [6.07, 6.45) is -4.38. The Morgan fingerprint density at radius 3 is 2.31 bits per heavy atom. The number of alkyl halides is 3. The minimum atomic E-state index is -4.31. The van der Waals surface area contributed by atoms with Gasteiger partial charge in [0, 0.05) is 19.4 Å². The van der Waals surface area contributed by atoms with Crippen molar-refractivity contribution in [3.8, 4) is 0 Å². The fourth-order valence-electron chi connectivity index (χ4n) is 1.33. The van der Waals surface area contributed by atoms with Crippen LogP contribution in [0.2, 0.25) is 0 Å². The average molecular weight is 195 g/mol. The average Bonchev–Trinajstić information content (AvgIpc) is 2.29. The molecule has 0 aromatic carbocycles. The minimum absolute atomic E-state index is 0.0617. The first kappa shape index (κ1) is 10.5. The van der Waals surface area contributed by atoms with Crippen molar-refractivity contribution in [3.05, 3.63) is 0 Å². The molecule has 1 aliphatic rings. The number of methoxy groups -OCH3 is 1. The quantitative estimate of drug-likeness (QED) is 0.629. The number of halogens is 3. The van der Waals surface area contributed by atoms with Gasteiger partial charge in [0.25, 0.3) is 0 Å². The van der Waals surface area contributed by atoms with Crippen LogP contribution in [0.4, 0.5) is 13.2 Å². The van der Waals surface area contributed by atoms with Gasteiger partial charge in [-0.1, -0.05) is 6.92 Å². The molecule has 0 aromatic heterocycles. The van der Waals surface area contributed by atoms with Gasteiger partial charge in [-0.05, 0) is 6.92 Å². The van der Waals surface area contributed by atoms with Crippen molar-refractivity contribution in [2.75, 3.05) is 7.11 Å². The zero-order valence-electron chi connectivity index (χ0n) is 7.77. The monoisotopic (exact) mass is 195 g/mol. The van der Waals surface area contributed by atoms with E-state index >= 15 is 0 Å². The summed E-state index contributed by atoms with van der Waals surface area (Å²) in [5.74, 6) is -0.228. The topological polar surface area (TPSA) is 21.6 Å². The molecule has 1 heterocycles. The Bertz CT molecular complexity index is 236. The number of hydrogen-bond donors (Lipinski definition) is 0. The van der Waals surface area contributed by atoms with Gasteiger partial charge in [0.1, 0.15) is 5.71 Å². The van der Waals surface area contributed by atoms with Crippen molar-refractivity contribution in [1.29, 1.82) is 0 Å². The Hall–Kier alpha value is -0.580. The lowest BCUT2D eigenvalue weighted by Gasteiger charge is -2.23. The molecule has 0 amide bonds. The maximum atomic E-state index is 12.2. The summed E-state index contributed by atoms with van der Waals surface area (Å²) in [4.78, 5) is 3.56. The number of ether oxygens (including phenoxy) is 1. The van der Waals surface area contributed by atoms with E-state index in [0.29, 0.717) is 0 Å². The van der Waals surface area contributed by atoms with E-state index in [9.17, 15) is 13.2 Å². The third-order valence-corrected chi connectivity index (χ3v) is 2.51. The zero-order chi connectivity index (χ0) is 10.3. The molecule has 0 spiro atoms. The molecule has 0 saturated heterocycles. The Balaban J connectivity index is 2.90. The second-order valence-corrected chi connectivity index (χ2v) is 3.42. The molecule has 0 aliphatic carbocycles. The van der Waals surface area contributed by atoms with Crippen molar-refractivity contribution in [2.45, 2.75) is 32.2 Å². The van der Waals surface area contributed by atoms with Crippen LogP contribution in [0.1, 0.15) is 20.3 Å². The predicted molar refractivity (Wildman–Crippen MR) is 42.7 cm³/mol. The van der Waals surface area contributed by atoms with Crippen molar-refractivity contribution in [1.82, 2.24) is 0 Å². The maximum Gasteiger partial charge on any atom is 0.429 e. The van der Waals surface area contributed by atoms with E-state index in [4.69, 9.17) is 4.74 Å². The fourth-order valence-corrected chi connectivity index (χ4v) is 1.33.